The number of amides is 2. The summed E-state index contributed by atoms with van der Waals surface area (Å²) >= 11 is 0. The standard InChI is InChI=1S/C24H39N3O7S/c28-22(26-10-12-27(13-11-26)23(29)24(30)8-9-24)18-6-4-17(5-7-18)19-2-1-3-20(14-19)25-35(31,32)15-21-33-16-34-21/h17-21,25,30H,1-16H2. The minimum atomic E-state index is -3.43. The van der Waals surface area contributed by atoms with Gasteiger partial charge in [0.25, 0.3) is 5.91 Å². The zero-order valence-corrected chi connectivity index (χ0v) is 21.2. The van der Waals surface area contributed by atoms with Crippen LogP contribution >= 0.6 is 0 Å². The van der Waals surface area contributed by atoms with Crippen molar-refractivity contribution < 1.29 is 32.6 Å². The van der Waals surface area contributed by atoms with Gasteiger partial charge in [0.2, 0.25) is 15.9 Å². The third-order valence-electron chi connectivity index (χ3n) is 8.71. The topological polar surface area (TPSA) is 125 Å². The van der Waals surface area contributed by atoms with E-state index in [1.165, 1.54) is 0 Å². The molecule has 0 aromatic heterocycles. The Kier molecular flexibility index (Phi) is 7.43. The Morgan fingerprint density at radius 2 is 1.57 bits per heavy atom. The molecule has 0 aromatic rings. The highest BCUT2D eigenvalue weighted by molar-refractivity contribution is 7.89. The third-order valence-corrected chi connectivity index (χ3v) is 10.1. The second-order valence-electron chi connectivity index (χ2n) is 11.2. The molecule has 5 aliphatic rings. The van der Waals surface area contributed by atoms with Gasteiger partial charge in [-0.15, -0.1) is 0 Å². The van der Waals surface area contributed by atoms with Gasteiger partial charge in [0, 0.05) is 38.1 Å². The number of sulfonamides is 1. The summed E-state index contributed by atoms with van der Waals surface area (Å²) in [6.07, 6.45) is 8.09. The lowest BCUT2D eigenvalue weighted by Crippen LogP contribution is -2.54. The largest absolute Gasteiger partial charge is 0.380 e. The molecule has 10 nitrogen and oxygen atoms in total. The number of hydrogen-bond acceptors (Lipinski definition) is 7. The van der Waals surface area contributed by atoms with E-state index < -0.39 is 21.9 Å². The van der Waals surface area contributed by atoms with E-state index in [4.69, 9.17) is 9.47 Å². The summed E-state index contributed by atoms with van der Waals surface area (Å²) in [6, 6.07) is -0.0362. The Bertz CT molecular complexity index is 889. The molecule has 198 valence electrons. The van der Waals surface area contributed by atoms with Crippen LogP contribution in [-0.2, 0) is 29.1 Å². The lowest BCUT2D eigenvalue weighted by Gasteiger charge is -2.40. The molecule has 2 aliphatic heterocycles. The van der Waals surface area contributed by atoms with Crippen LogP contribution in [0.25, 0.3) is 0 Å². The van der Waals surface area contributed by atoms with Crippen molar-refractivity contribution in [2.24, 2.45) is 17.8 Å². The van der Waals surface area contributed by atoms with E-state index in [1.807, 2.05) is 4.90 Å². The van der Waals surface area contributed by atoms with E-state index in [2.05, 4.69) is 4.72 Å². The molecule has 5 fully saturated rings. The molecule has 2 saturated heterocycles. The van der Waals surface area contributed by atoms with Gasteiger partial charge in [-0.3, -0.25) is 9.59 Å². The van der Waals surface area contributed by atoms with E-state index in [1.54, 1.807) is 4.90 Å². The number of carbonyl (C=O) groups is 2. The van der Waals surface area contributed by atoms with Gasteiger partial charge in [0.15, 0.2) is 13.1 Å². The number of nitrogens with one attached hydrogen (secondary N) is 1. The van der Waals surface area contributed by atoms with Crippen molar-refractivity contribution in [3.8, 4) is 0 Å². The maximum atomic E-state index is 13.1. The van der Waals surface area contributed by atoms with Gasteiger partial charge >= 0.3 is 0 Å². The van der Waals surface area contributed by atoms with E-state index >= 15 is 0 Å². The summed E-state index contributed by atoms with van der Waals surface area (Å²) in [6.45, 7) is 2.25. The zero-order valence-electron chi connectivity index (χ0n) is 20.4. The average molecular weight is 514 g/mol. The van der Waals surface area contributed by atoms with Gasteiger partial charge in [-0.05, 0) is 63.2 Å². The van der Waals surface area contributed by atoms with Crippen molar-refractivity contribution in [3.05, 3.63) is 0 Å². The monoisotopic (exact) mass is 513 g/mol. The molecule has 2 amide bonds. The van der Waals surface area contributed by atoms with Gasteiger partial charge in [0.1, 0.15) is 11.4 Å². The fraction of sp³-hybridized carbons (Fsp3) is 0.917. The van der Waals surface area contributed by atoms with E-state index in [-0.39, 0.29) is 36.3 Å². The van der Waals surface area contributed by atoms with Crippen molar-refractivity contribution in [1.29, 1.82) is 0 Å². The lowest BCUT2D eigenvalue weighted by molar-refractivity contribution is -0.309. The first-order chi connectivity index (χ1) is 16.7. The summed E-state index contributed by atoms with van der Waals surface area (Å²) in [7, 11) is -3.43. The molecule has 11 heteroatoms. The Morgan fingerprint density at radius 1 is 0.914 bits per heavy atom. The average Bonchev–Trinajstić information content (AvgIpc) is 3.59. The van der Waals surface area contributed by atoms with Crippen molar-refractivity contribution in [1.82, 2.24) is 14.5 Å². The van der Waals surface area contributed by atoms with E-state index in [9.17, 15) is 23.1 Å². The van der Waals surface area contributed by atoms with Crippen LogP contribution < -0.4 is 4.72 Å². The first kappa shape index (κ1) is 25.4. The molecule has 2 unspecified atom stereocenters. The number of piperazine rings is 1. The zero-order chi connectivity index (χ0) is 24.6. The molecule has 35 heavy (non-hydrogen) atoms. The Labute approximate surface area is 207 Å². The molecule has 3 aliphatic carbocycles. The van der Waals surface area contributed by atoms with Crippen molar-refractivity contribution in [2.45, 2.75) is 82.1 Å². The molecule has 0 spiro atoms. The summed E-state index contributed by atoms with van der Waals surface area (Å²) in [5, 5.41) is 10.1. The molecule has 5 rings (SSSR count). The number of ether oxygens (including phenoxy) is 2. The van der Waals surface area contributed by atoms with Crippen molar-refractivity contribution in [2.75, 3.05) is 38.7 Å². The second kappa shape index (κ2) is 10.2. The fourth-order valence-electron chi connectivity index (χ4n) is 6.36. The number of aliphatic hydroxyl groups is 1. The van der Waals surface area contributed by atoms with Crippen LogP contribution in [0.2, 0.25) is 0 Å². The van der Waals surface area contributed by atoms with Crippen LogP contribution in [0.5, 0.6) is 0 Å². The Balaban J connectivity index is 1.05. The number of hydrogen-bond donors (Lipinski definition) is 2. The number of carbonyl (C=O) groups excluding carboxylic acids is 2. The molecule has 0 aromatic carbocycles. The van der Waals surface area contributed by atoms with Crippen LogP contribution in [0.1, 0.15) is 64.2 Å². The quantitative estimate of drug-likeness (QED) is 0.516. The van der Waals surface area contributed by atoms with E-state index in [0.717, 1.165) is 51.4 Å². The second-order valence-corrected chi connectivity index (χ2v) is 13.0. The van der Waals surface area contributed by atoms with Gasteiger partial charge in [-0.1, -0.05) is 12.8 Å². The maximum Gasteiger partial charge on any atom is 0.254 e. The summed E-state index contributed by atoms with van der Waals surface area (Å²) < 4.78 is 37.9. The molecule has 2 N–H and O–H groups in total. The highest BCUT2D eigenvalue weighted by atomic mass is 32.2. The summed E-state index contributed by atoms with van der Waals surface area (Å²) in [5.74, 6) is 0.953. The Morgan fingerprint density at radius 3 is 2.17 bits per heavy atom. The van der Waals surface area contributed by atoms with Crippen molar-refractivity contribution >= 4 is 21.8 Å². The minimum absolute atomic E-state index is 0.0362. The van der Waals surface area contributed by atoms with Crippen LogP contribution in [0, 0.1) is 17.8 Å². The SMILES string of the molecule is O=C(C1CCC(C2CCCC(NS(=O)(=O)CC3OCO3)C2)CC1)N1CCN(C(=O)C2(O)CC2)CC1. The maximum absolute atomic E-state index is 13.1. The first-order valence-corrected chi connectivity index (χ1v) is 14.9. The van der Waals surface area contributed by atoms with Gasteiger partial charge in [-0.2, -0.15) is 0 Å². The molecule has 3 saturated carbocycles. The van der Waals surface area contributed by atoms with Gasteiger partial charge in [-0.25, -0.2) is 13.1 Å². The summed E-state index contributed by atoms with van der Waals surface area (Å²) in [4.78, 5) is 29.1. The van der Waals surface area contributed by atoms with Crippen LogP contribution in [0.15, 0.2) is 0 Å². The van der Waals surface area contributed by atoms with E-state index in [0.29, 0.717) is 50.9 Å². The smallest absolute Gasteiger partial charge is 0.254 e. The fourth-order valence-corrected chi connectivity index (χ4v) is 7.73. The van der Waals surface area contributed by atoms with Gasteiger partial charge in [0.05, 0.1) is 0 Å². The molecule has 2 heterocycles. The normalized spacial score (nSPS) is 33.7. The van der Waals surface area contributed by atoms with Crippen LogP contribution in [-0.4, -0.2) is 91.8 Å². The van der Waals surface area contributed by atoms with Crippen molar-refractivity contribution in [3.63, 3.8) is 0 Å². The molecule has 0 radical (unpaired) electrons. The Hall–Kier alpha value is -1.27. The minimum Gasteiger partial charge on any atom is -0.380 e. The number of nitrogens with zero attached hydrogens (tertiary/aromatic N) is 2. The predicted molar refractivity (Wildman–Crippen MR) is 126 cm³/mol. The molecule has 0 bridgehead atoms. The molecule has 2 atom stereocenters. The van der Waals surface area contributed by atoms with Gasteiger partial charge < -0.3 is 24.4 Å². The highest BCUT2D eigenvalue weighted by Crippen LogP contribution is 2.41. The number of rotatable bonds is 7. The van der Waals surface area contributed by atoms with Crippen LogP contribution in [0.3, 0.4) is 0 Å². The lowest BCUT2D eigenvalue weighted by atomic mass is 9.70. The highest BCUT2D eigenvalue weighted by Gasteiger charge is 2.50. The first-order valence-electron chi connectivity index (χ1n) is 13.3. The summed E-state index contributed by atoms with van der Waals surface area (Å²) in [5.41, 5.74) is -1.14. The third kappa shape index (κ3) is 6.01. The molecular formula is C24H39N3O7S. The predicted octanol–water partition coefficient (Wildman–Crippen LogP) is 0.797. The molecular weight excluding hydrogens is 474 g/mol. The van der Waals surface area contributed by atoms with Crippen LogP contribution in [0.4, 0.5) is 0 Å².